The molecule has 1 heterocycles. The van der Waals surface area contributed by atoms with E-state index in [-0.39, 0.29) is 11.7 Å². The normalized spacial score (nSPS) is 18.5. The number of nitrogens with one attached hydrogen (secondary N) is 2. The number of carboxylic acids is 1. The summed E-state index contributed by atoms with van der Waals surface area (Å²) in [5.74, 6) is -2.40. The zero-order chi connectivity index (χ0) is 17.2. The zero-order valence-corrected chi connectivity index (χ0v) is 12.9. The van der Waals surface area contributed by atoms with Gasteiger partial charge in [-0.3, -0.25) is 15.0 Å². The lowest BCUT2D eigenvalue weighted by Gasteiger charge is -2.22. The van der Waals surface area contributed by atoms with Gasteiger partial charge >= 0.3 is 5.97 Å². The first-order valence-corrected chi connectivity index (χ1v) is 7.11. The van der Waals surface area contributed by atoms with Gasteiger partial charge in [-0.15, -0.1) is 0 Å². The van der Waals surface area contributed by atoms with Crippen LogP contribution in [0.15, 0.2) is 36.6 Å². The van der Waals surface area contributed by atoms with Gasteiger partial charge in [-0.25, -0.2) is 9.80 Å². The van der Waals surface area contributed by atoms with Gasteiger partial charge in [-0.05, 0) is 19.4 Å². The van der Waals surface area contributed by atoms with Gasteiger partial charge in [0, 0.05) is 25.4 Å². The molecule has 0 bridgehead atoms. The van der Waals surface area contributed by atoms with E-state index in [4.69, 9.17) is 9.84 Å². The molecule has 8 nitrogen and oxygen atoms in total. The van der Waals surface area contributed by atoms with Gasteiger partial charge in [-0.1, -0.05) is 12.7 Å². The Balaban J connectivity index is 2.58. The highest BCUT2D eigenvalue weighted by molar-refractivity contribution is 5.94. The molecule has 1 rings (SSSR count). The largest absolute Gasteiger partial charge is 0.478 e. The van der Waals surface area contributed by atoms with Crippen molar-refractivity contribution in [2.24, 2.45) is 0 Å². The molecule has 23 heavy (non-hydrogen) atoms. The number of hydrazine groups is 1. The first-order chi connectivity index (χ1) is 10.9. The van der Waals surface area contributed by atoms with Crippen LogP contribution < -0.4 is 10.7 Å². The number of rotatable bonds is 6. The van der Waals surface area contributed by atoms with Gasteiger partial charge in [0.1, 0.15) is 0 Å². The van der Waals surface area contributed by atoms with Gasteiger partial charge in [0.05, 0.1) is 18.3 Å². The third-order valence-electron chi connectivity index (χ3n) is 2.98. The standard InChI is InChI=1S/C15H21N3O5/c1-3-14(20)18(10-11(2)15(21)22)17-13(19)6-4-5-12-9-16-7-8-23-12/h3-4,6,10,12,16H,1,5,7-9H2,2H3,(H,17,19)(H,21,22). The lowest BCUT2D eigenvalue weighted by molar-refractivity contribution is -0.134. The topological polar surface area (TPSA) is 108 Å². The van der Waals surface area contributed by atoms with Crippen molar-refractivity contribution in [3.63, 3.8) is 0 Å². The second-order valence-corrected chi connectivity index (χ2v) is 4.84. The van der Waals surface area contributed by atoms with E-state index in [0.717, 1.165) is 23.8 Å². The fraction of sp³-hybridized carbons (Fsp3) is 0.400. The molecule has 1 fully saturated rings. The molecule has 1 aliphatic rings. The van der Waals surface area contributed by atoms with Gasteiger partial charge in [0.15, 0.2) is 0 Å². The molecule has 2 amide bonds. The van der Waals surface area contributed by atoms with Crippen LogP contribution in [0.5, 0.6) is 0 Å². The molecule has 1 aliphatic heterocycles. The second kappa shape index (κ2) is 9.54. The highest BCUT2D eigenvalue weighted by Crippen LogP contribution is 2.02. The number of carbonyl (C=O) groups excluding carboxylic acids is 2. The maximum atomic E-state index is 11.8. The van der Waals surface area contributed by atoms with Crippen molar-refractivity contribution in [3.8, 4) is 0 Å². The van der Waals surface area contributed by atoms with Gasteiger partial charge in [-0.2, -0.15) is 0 Å². The van der Waals surface area contributed by atoms with E-state index in [1.54, 1.807) is 6.08 Å². The molecular weight excluding hydrogens is 302 g/mol. The maximum Gasteiger partial charge on any atom is 0.332 e. The van der Waals surface area contributed by atoms with Crippen LogP contribution >= 0.6 is 0 Å². The van der Waals surface area contributed by atoms with Crippen molar-refractivity contribution in [1.82, 2.24) is 15.8 Å². The summed E-state index contributed by atoms with van der Waals surface area (Å²) in [6.45, 7) is 6.77. The molecule has 3 N–H and O–H groups in total. The quantitative estimate of drug-likeness (QED) is 0.467. The summed E-state index contributed by atoms with van der Waals surface area (Å²) < 4.78 is 5.48. The average Bonchev–Trinajstić information content (AvgIpc) is 2.54. The summed E-state index contributed by atoms with van der Waals surface area (Å²) in [6.07, 6.45) is 5.46. The smallest absolute Gasteiger partial charge is 0.332 e. The van der Waals surface area contributed by atoms with Gasteiger partial charge < -0.3 is 15.2 Å². The van der Waals surface area contributed by atoms with Crippen LogP contribution in [0.25, 0.3) is 0 Å². The lowest BCUT2D eigenvalue weighted by atomic mass is 10.2. The molecular formula is C15H21N3O5. The summed E-state index contributed by atoms with van der Waals surface area (Å²) >= 11 is 0. The van der Waals surface area contributed by atoms with E-state index in [1.165, 1.54) is 13.0 Å². The molecule has 0 aromatic carbocycles. The fourth-order valence-corrected chi connectivity index (χ4v) is 1.75. The van der Waals surface area contributed by atoms with Crippen LogP contribution in [0.4, 0.5) is 0 Å². The Bertz CT molecular complexity index is 521. The van der Waals surface area contributed by atoms with Crippen molar-refractivity contribution in [3.05, 3.63) is 36.6 Å². The summed E-state index contributed by atoms with van der Waals surface area (Å²) in [4.78, 5) is 34.2. The average molecular weight is 323 g/mol. The number of hydrogen-bond donors (Lipinski definition) is 3. The van der Waals surface area contributed by atoms with E-state index in [1.807, 2.05) is 0 Å². The zero-order valence-electron chi connectivity index (χ0n) is 12.9. The van der Waals surface area contributed by atoms with E-state index >= 15 is 0 Å². The van der Waals surface area contributed by atoms with Crippen molar-refractivity contribution in [2.75, 3.05) is 19.7 Å². The number of carbonyl (C=O) groups is 3. The second-order valence-electron chi connectivity index (χ2n) is 4.84. The Morgan fingerprint density at radius 1 is 1.48 bits per heavy atom. The SMILES string of the molecule is C=CC(=O)N(C=C(C)C(=O)O)NC(=O)C=CCC1CNCCO1. The summed E-state index contributed by atoms with van der Waals surface area (Å²) in [5, 5.41) is 12.8. The van der Waals surface area contributed by atoms with Crippen LogP contribution in [0.2, 0.25) is 0 Å². The minimum absolute atomic E-state index is 0.00728. The number of nitrogens with zero attached hydrogens (tertiary/aromatic N) is 1. The lowest BCUT2D eigenvalue weighted by Crippen LogP contribution is -2.41. The molecule has 0 aromatic heterocycles. The molecule has 0 spiro atoms. The number of carboxylic acid groups (broad SMARTS) is 1. The van der Waals surface area contributed by atoms with E-state index in [0.29, 0.717) is 19.6 Å². The summed E-state index contributed by atoms with van der Waals surface area (Å²) in [6, 6.07) is 0. The molecule has 0 radical (unpaired) electrons. The maximum absolute atomic E-state index is 11.8. The monoisotopic (exact) mass is 323 g/mol. The molecule has 1 unspecified atom stereocenters. The number of amides is 2. The third-order valence-corrected chi connectivity index (χ3v) is 2.98. The Hall–Kier alpha value is -2.45. The molecule has 0 aliphatic carbocycles. The Labute approximate surface area is 134 Å². The Kier molecular flexibility index (Phi) is 7.72. The first kappa shape index (κ1) is 18.6. The van der Waals surface area contributed by atoms with E-state index < -0.39 is 17.8 Å². The highest BCUT2D eigenvalue weighted by Gasteiger charge is 2.13. The van der Waals surface area contributed by atoms with Crippen molar-refractivity contribution >= 4 is 17.8 Å². The number of hydrogen-bond acceptors (Lipinski definition) is 5. The van der Waals surface area contributed by atoms with E-state index in [9.17, 15) is 14.4 Å². The number of morpholine rings is 1. The first-order valence-electron chi connectivity index (χ1n) is 7.11. The fourth-order valence-electron chi connectivity index (χ4n) is 1.75. The molecule has 1 saturated heterocycles. The van der Waals surface area contributed by atoms with Crippen molar-refractivity contribution in [2.45, 2.75) is 19.4 Å². The van der Waals surface area contributed by atoms with Crippen LogP contribution in [0, 0.1) is 0 Å². The molecule has 0 aromatic rings. The van der Waals surface area contributed by atoms with Gasteiger partial charge in [0.25, 0.3) is 11.8 Å². The highest BCUT2D eigenvalue weighted by atomic mass is 16.5. The molecule has 8 heteroatoms. The number of aliphatic carboxylic acids is 1. The van der Waals surface area contributed by atoms with Gasteiger partial charge in [0.2, 0.25) is 0 Å². The third kappa shape index (κ3) is 6.90. The molecule has 0 saturated carbocycles. The molecule has 126 valence electrons. The predicted octanol–water partition coefficient (Wildman–Crippen LogP) is -0.0447. The van der Waals surface area contributed by atoms with Crippen LogP contribution in [-0.2, 0) is 19.1 Å². The van der Waals surface area contributed by atoms with Crippen molar-refractivity contribution < 1.29 is 24.2 Å². The molecule has 1 atom stereocenters. The number of ether oxygens (including phenoxy) is 1. The summed E-state index contributed by atoms with van der Waals surface area (Å²) in [5.41, 5.74) is 2.18. The summed E-state index contributed by atoms with van der Waals surface area (Å²) in [7, 11) is 0. The van der Waals surface area contributed by atoms with Crippen molar-refractivity contribution in [1.29, 1.82) is 0 Å². The Morgan fingerprint density at radius 3 is 2.78 bits per heavy atom. The van der Waals surface area contributed by atoms with Crippen LogP contribution in [-0.4, -0.2) is 53.7 Å². The predicted molar refractivity (Wildman–Crippen MR) is 82.9 cm³/mol. The minimum atomic E-state index is -1.20. The van der Waals surface area contributed by atoms with E-state index in [2.05, 4.69) is 17.3 Å². The van der Waals surface area contributed by atoms with Crippen LogP contribution in [0.1, 0.15) is 13.3 Å². The Morgan fingerprint density at radius 2 is 2.22 bits per heavy atom. The minimum Gasteiger partial charge on any atom is -0.478 e. The van der Waals surface area contributed by atoms with Crippen LogP contribution in [0.3, 0.4) is 0 Å².